The fraction of sp³-hybridized carbons (Fsp3) is 0.267. The lowest BCUT2D eigenvalue weighted by Crippen LogP contribution is -2.28. The highest BCUT2D eigenvalue weighted by molar-refractivity contribution is 7.11. The Morgan fingerprint density at radius 3 is 2.67 bits per heavy atom. The number of thiazole rings is 1. The molecule has 21 heavy (non-hydrogen) atoms. The van der Waals surface area contributed by atoms with Gasteiger partial charge in [-0.2, -0.15) is 0 Å². The van der Waals surface area contributed by atoms with Crippen LogP contribution < -0.4 is 5.32 Å². The lowest BCUT2D eigenvalue weighted by Gasteiger charge is -2.14. The smallest absolute Gasteiger partial charge is 0.335 e. The lowest BCUT2D eigenvalue weighted by molar-refractivity contribution is 0.0697. The molecule has 0 saturated heterocycles. The van der Waals surface area contributed by atoms with Crippen molar-refractivity contribution in [2.75, 3.05) is 0 Å². The van der Waals surface area contributed by atoms with Gasteiger partial charge >= 0.3 is 5.97 Å². The van der Waals surface area contributed by atoms with Gasteiger partial charge in [0.1, 0.15) is 5.01 Å². The van der Waals surface area contributed by atoms with Crippen molar-refractivity contribution in [3.8, 4) is 0 Å². The Morgan fingerprint density at radius 2 is 2.10 bits per heavy atom. The van der Waals surface area contributed by atoms with E-state index in [0.717, 1.165) is 16.3 Å². The van der Waals surface area contributed by atoms with Crippen LogP contribution in [0.15, 0.2) is 30.5 Å². The van der Waals surface area contributed by atoms with Crippen LogP contribution in [0.1, 0.15) is 50.0 Å². The van der Waals surface area contributed by atoms with Crippen molar-refractivity contribution in [3.05, 3.63) is 51.5 Å². The first-order valence-electron chi connectivity index (χ1n) is 6.57. The Balaban J connectivity index is 2.16. The molecule has 0 radical (unpaired) electrons. The van der Waals surface area contributed by atoms with Crippen molar-refractivity contribution >= 4 is 23.2 Å². The highest BCUT2D eigenvalue weighted by atomic mass is 32.1. The fourth-order valence-corrected chi connectivity index (χ4v) is 2.82. The number of hydrogen-bond acceptors (Lipinski definition) is 4. The van der Waals surface area contributed by atoms with Crippen LogP contribution in [-0.2, 0) is 0 Å². The van der Waals surface area contributed by atoms with Crippen molar-refractivity contribution in [1.82, 2.24) is 10.3 Å². The molecule has 0 unspecified atom stereocenters. The number of nitrogens with one attached hydrogen (secondary N) is 1. The van der Waals surface area contributed by atoms with E-state index in [1.54, 1.807) is 29.7 Å². The summed E-state index contributed by atoms with van der Waals surface area (Å²) in [4.78, 5) is 28.6. The molecule has 0 bridgehead atoms. The van der Waals surface area contributed by atoms with Crippen LogP contribution in [-0.4, -0.2) is 22.0 Å². The molecular formula is C15H16N2O3S. The number of carboxylic acid groups (broad SMARTS) is 1. The van der Waals surface area contributed by atoms with E-state index >= 15 is 0 Å². The predicted octanol–water partition coefficient (Wildman–Crippen LogP) is 3.03. The minimum Gasteiger partial charge on any atom is -0.478 e. The fourth-order valence-electron chi connectivity index (χ4n) is 1.91. The SMILES string of the molecule is CC[C@H](NC(=O)c1cccc(C(=O)O)c1)c1ncc(C)s1. The van der Waals surface area contributed by atoms with Crippen molar-refractivity contribution in [3.63, 3.8) is 0 Å². The molecule has 2 N–H and O–H groups in total. The summed E-state index contributed by atoms with van der Waals surface area (Å²) in [7, 11) is 0. The molecule has 0 fully saturated rings. The lowest BCUT2D eigenvalue weighted by atomic mass is 10.1. The molecule has 1 aromatic carbocycles. The Bertz CT molecular complexity index is 666. The summed E-state index contributed by atoms with van der Waals surface area (Å²) in [6.07, 6.45) is 2.50. The summed E-state index contributed by atoms with van der Waals surface area (Å²) in [5.74, 6) is -1.34. The number of carboxylic acids is 1. The predicted molar refractivity (Wildman–Crippen MR) is 80.8 cm³/mol. The molecule has 0 aliphatic heterocycles. The van der Waals surface area contributed by atoms with Crippen LogP contribution in [0, 0.1) is 6.92 Å². The molecule has 5 nitrogen and oxygen atoms in total. The first-order valence-corrected chi connectivity index (χ1v) is 7.39. The number of hydrogen-bond donors (Lipinski definition) is 2. The Morgan fingerprint density at radius 1 is 1.38 bits per heavy atom. The zero-order valence-corrected chi connectivity index (χ0v) is 12.6. The zero-order valence-electron chi connectivity index (χ0n) is 11.8. The molecule has 1 heterocycles. The van der Waals surface area contributed by atoms with Gasteiger partial charge in [0.05, 0.1) is 11.6 Å². The minimum atomic E-state index is -1.05. The van der Waals surface area contributed by atoms with Gasteiger partial charge in [-0.05, 0) is 31.5 Å². The molecule has 2 aromatic rings. The third kappa shape index (κ3) is 3.66. The van der Waals surface area contributed by atoms with Crippen molar-refractivity contribution in [1.29, 1.82) is 0 Å². The summed E-state index contributed by atoms with van der Waals surface area (Å²) in [6.45, 7) is 3.93. The van der Waals surface area contributed by atoms with Gasteiger partial charge in [0, 0.05) is 16.6 Å². The van der Waals surface area contributed by atoms with Crippen LogP contribution in [0.3, 0.4) is 0 Å². The number of nitrogens with zero attached hydrogens (tertiary/aromatic N) is 1. The Labute approximate surface area is 126 Å². The molecule has 0 saturated carbocycles. The standard InChI is InChI=1S/C15H16N2O3S/c1-3-12(14-16-8-9(2)21-14)17-13(18)10-5-4-6-11(7-10)15(19)20/h4-8,12H,3H2,1-2H3,(H,17,18)(H,19,20)/t12-/m0/s1. The number of rotatable bonds is 5. The number of benzene rings is 1. The van der Waals surface area contributed by atoms with E-state index in [9.17, 15) is 9.59 Å². The summed E-state index contributed by atoms with van der Waals surface area (Å²) in [6, 6.07) is 5.83. The topological polar surface area (TPSA) is 79.3 Å². The monoisotopic (exact) mass is 304 g/mol. The average Bonchev–Trinajstić information content (AvgIpc) is 2.91. The van der Waals surface area contributed by atoms with Gasteiger partial charge in [-0.25, -0.2) is 9.78 Å². The van der Waals surface area contributed by atoms with E-state index in [1.807, 2.05) is 13.8 Å². The van der Waals surface area contributed by atoms with E-state index in [1.165, 1.54) is 12.1 Å². The average molecular weight is 304 g/mol. The van der Waals surface area contributed by atoms with Gasteiger partial charge in [0.2, 0.25) is 0 Å². The van der Waals surface area contributed by atoms with Gasteiger partial charge in [-0.1, -0.05) is 13.0 Å². The first kappa shape index (κ1) is 15.2. The molecule has 110 valence electrons. The largest absolute Gasteiger partial charge is 0.478 e. The van der Waals surface area contributed by atoms with E-state index < -0.39 is 5.97 Å². The summed E-state index contributed by atoms with van der Waals surface area (Å²) in [5.41, 5.74) is 0.433. The van der Waals surface area contributed by atoms with Crippen LogP contribution >= 0.6 is 11.3 Å². The van der Waals surface area contributed by atoms with Crippen molar-refractivity contribution < 1.29 is 14.7 Å². The highest BCUT2D eigenvalue weighted by Gasteiger charge is 2.17. The molecular weight excluding hydrogens is 288 g/mol. The van der Waals surface area contributed by atoms with Crippen LogP contribution in [0.4, 0.5) is 0 Å². The number of aromatic carboxylic acids is 1. The summed E-state index contributed by atoms with van der Waals surface area (Å²) < 4.78 is 0. The van der Waals surface area contributed by atoms with Gasteiger partial charge < -0.3 is 10.4 Å². The Kier molecular flexibility index (Phi) is 4.70. The zero-order chi connectivity index (χ0) is 15.4. The van der Waals surface area contributed by atoms with Gasteiger partial charge in [-0.15, -0.1) is 11.3 Å². The van der Waals surface area contributed by atoms with Crippen molar-refractivity contribution in [2.45, 2.75) is 26.3 Å². The summed E-state index contributed by atoms with van der Waals surface area (Å²) >= 11 is 1.55. The quantitative estimate of drug-likeness (QED) is 0.890. The van der Waals surface area contributed by atoms with Gasteiger partial charge in [-0.3, -0.25) is 4.79 Å². The second-order valence-corrected chi connectivity index (χ2v) is 5.90. The third-order valence-electron chi connectivity index (χ3n) is 3.02. The molecule has 1 atom stereocenters. The highest BCUT2D eigenvalue weighted by Crippen LogP contribution is 2.22. The maximum atomic E-state index is 12.2. The number of amides is 1. The van der Waals surface area contributed by atoms with E-state index in [0.29, 0.717) is 5.56 Å². The van der Waals surface area contributed by atoms with Crippen molar-refractivity contribution in [2.24, 2.45) is 0 Å². The second kappa shape index (κ2) is 6.49. The third-order valence-corrected chi connectivity index (χ3v) is 4.05. The molecule has 6 heteroatoms. The van der Waals surface area contributed by atoms with Gasteiger partial charge in [0.25, 0.3) is 5.91 Å². The normalized spacial score (nSPS) is 11.9. The van der Waals surface area contributed by atoms with E-state index in [-0.39, 0.29) is 17.5 Å². The van der Waals surface area contributed by atoms with E-state index in [4.69, 9.17) is 5.11 Å². The molecule has 1 amide bonds. The molecule has 0 aliphatic carbocycles. The number of carbonyl (C=O) groups is 2. The van der Waals surface area contributed by atoms with Crippen LogP contribution in [0.2, 0.25) is 0 Å². The molecule has 2 rings (SSSR count). The number of aromatic nitrogens is 1. The first-order chi connectivity index (χ1) is 10.0. The summed E-state index contributed by atoms with van der Waals surface area (Å²) in [5, 5.41) is 12.7. The number of carbonyl (C=O) groups excluding carboxylic acids is 1. The molecule has 0 aliphatic rings. The minimum absolute atomic E-state index is 0.0980. The van der Waals surface area contributed by atoms with Crippen LogP contribution in [0.5, 0.6) is 0 Å². The second-order valence-electron chi connectivity index (χ2n) is 4.63. The van der Waals surface area contributed by atoms with E-state index in [2.05, 4.69) is 10.3 Å². The maximum absolute atomic E-state index is 12.2. The molecule has 1 aromatic heterocycles. The van der Waals surface area contributed by atoms with Gasteiger partial charge in [0.15, 0.2) is 0 Å². The Hall–Kier alpha value is -2.21. The number of aryl methyl sites for hydroxylation is 1. The van der Waals surface area contributed by atoms with Crippen LogP contribution in [0.25, 0.3) is 0 Å². The maximum Gasteiger partial charge on any atom is 0.335 e. The molecule has 0 spiro atoms.